The average Bonchev–Trinajstić information content (AvgIpc) is 3.03. The Morgan fingerprint density at radius 3 is 2.67 bits per heavy atom. The highest BCUT2D eigenvalue weighted by Gasteiger charge is 2.16. The second-order valence-corrected chi connectivity index (χ2v) is 5.78. The second-order valence-electron chi connectivity index (χ2n) is 5.78. The summed E-state index contributed by atoms with van der Waals surface area (Å²) in [6.07, 6.45) is 6.44. The van der Waals surface area contributed by atoms with E-state index in [1.807, 2.05) is 0 Å². The molecule has 21 heavy (non-hydrogen) atoms. The quantitative estimate of drug-likeness (QED) is 0.797. The molecule has 0 aliphatic carbocycles. The van der Waals surface area contributed by atoms with Crippen molar-refractivity contribution in [3.05, 3.63) is 11.9 Å². The highest BCUT2D eigenvalue weighted by molar-refractivity contribution is 5.58. The molecule has 0 aromatic carbocycles. The van der Waals surface area contributed by atoms with Crippen LogP contribution in [0.25, 0.3) is 0 Å². The minimum atomic E-state index is 0.955. The van der Waals surface area contributed by atoms with Crippen LogP contribution in [0, 0.1) is 0 Å². The first-order valence-corrected chi connectivity index (χ1v) is 8.27. The van der Waals surface area contributed by atoms with Crippen LogP contribution in [0.15, 0.2) is 6.33 Å². The fourth-order valence-corrected chi connectivity index (χ4v) is 2.86. The number of likely N-dealkylation sites (tertiary alicyclic amines) is 1. The molecule has 1 aromatic heterocycles. The molecule has 118 valence electrons. The third-order valence-corrected chi connectivity index (χ3v) is 4.13. The van der Waals surface area contributed by atoms with E-state index in [2.05, 4.69) is 46.0 Å². The Balaban J connectivity index is 2.02. The minimum absolute atomic E-state index is 0.955. The van der Waals surface area contributed by atoms with Gasteiger partial charge in [0.25, 0.3) is 0 Å². The van der Waals surface area contributed by atoms with Crippen LogP contribution >= 0.6 is 0 Å². The number of rotatable bonds is 8. The number of nitrogens with one attached hydrogen (secondary N) is 1. The van der Waals surface area contributed by atoms with Gasteiger partial charge in [0.15, 0.2) is 0 Å². The molecule has 0 atom stereocenters. The van der Waals surface area contributed by atoms with E-state index in [0.29, 0.717) is 0 Å². The molecule has 0 unspecified atom stereocenters. The summed E-state index contributed by atoms with van der Waals surface area (Å²) in [4.78, 5) is 13.7. The third-order valence-electron chi connectivity index (χ3n) is 4.13. The zero-order valence-corrected chi connectivity index (χ0v) is 13.7. The van der Waals surface area contributed by atoms with E-state index in [1.54, 1.807) is 6.33 Å². The maximum absolute atomic E-state index is 4.52. The number of hydrogen-bond acceptors (Lipinski definition) is 5. The zero-order chi connectivity index (χ0) is 15.1. The van der Waals surface area contributed by atoms with Crippen molar-refractivity contribution < 1.29 is 0 Å². The van der Waals surface area contributed by atoms with Crippen LogP contribution in [0.4, 0.5) is 11.6 Å². The summed E-state index contributed by atoms with van der Waals surface area (Å²) in [5.74, 6) is 2.07. The van der Waals surface area contributed by atoms with Gasteiger partial charge in [0.1, 0.15) is 18.0 Å². The van der Waals surface area contributed by atoms with Crippen molar-refractivity contribution in [1.29, 1.82) is 0 Å². The third kappa shape index (κ3) is 4.30. The molecule has 1 N–H and O–H groups in total. The fraction of sp³-hybridized carbons (Fsp3) is 0.750. The summed E-state index contributed by atoms with van der Waals surface area (Å²) in [5.41, 5.74) is 1.23. The summed E-state index contributed by atoms with van der Waals surface area (Å²) in [6, 6.07) is 0. The Labute approximate surface area is 128 Å². The van der Waals surface area contributed by atoms with Crippen LogP contribution in [-0.2, 0) is 6.42 Å². The van der Waals surface area contributed by atoms with Gasteiger partial charge in [0, 0.05) is 32.2 Å². The summed E-state index contributed by atoms with van der Waals surface area (Å²) in [5, 5.41) is 3.42. The molecule has 0 radical (unpaired) electrons. The highest BCUT2D eigenvalue weighted by atomic mass is 15.2. The van der Waals surface area contributed by atoms with Gasteiger partial charge in [0.2, 0.25) is 0 Å². The number of nitrogens with zero attached hydrogens (tertiary/aromatic N) is 4. The van der Waals surface area contributed by atoms with Crippen molar-refractivity contribution >= 4 is 11.6 Å². The van der Waals surface area contributed by atoms with Crippen LogP contribution < -0.4 is 10.2 Å². The van der Waals surface area contributed by atoms with Gasteiger partial charge in [-0.15, -0.1) is 0 Å². The molecule has 1 aliphatic rings. The number of likely N-dealkylation sites (N-methyl/N-ethyl adjacent to an activating group) is 1. The molecule has 1 aromatic rings. The van der Waals surface area contributed by atoms with Gasteiger partial charge in [0.05, 0.1) is 0 Å². The van der Waals surface area contributed by atoms with E-state index in [0.717, 1.165) is 44.1 Å². The normalized spacial score (nSPS) is 15.4. The van der Waals surface area contributed by atoms with Crippen LogP contribution in [0.2, 0.25) is 0 Å². The predicted molar refractivity (Wildman–Crippen MR) is 89.1 cm³/mol. The maximum atomic E-state index is 4.52. The van der Waals surface area contributed by atoms with Crippen molar-refractivity contribution in [2.45, 2.75) is 39.5 Å². The Morgan fingerprint density at radius 1 is 1.24 bits per heavy atom. The molecule has 0 bridgehead atoms. The van der Waals surface area contributed by atoms with Crippen molar-refractivity contribution in [1.82, 2.24) is 14.9 Å². The van der Waals surface area contributed by atoms with Crippen molar-refractivity contribution in [3.63, 3.8) is 0 Å². The topological polar surface area (TPSA) is 44.3 Å². The van der Waals surface area contributed by atoms with Crippen LogP contribution in [0.5, 0.6) is 0 Å². The first-order valence-electron chi connectivity index (χ1n) is 8.27. The first kappa shape index (κ1) is 16.0. The lowest BCUT2D eigenvalue weighted by atomic mass is 10.2. The molecular weight excluding hydrogens is 262 g/mol. The van der Waals surface area contributed by atoms with E-state index in [-0.39, 0.29) is 0 Å². The standard InChI is InChI=1S/C16H29N5/c1-4-8-17-15-14(5-2)16(19-13-18-15)20(3)11-12-21-9-6-7-10-21/h13H,4-12H2,1-3H3,(H,17,18,19). The SMILES string of the molecule is CCCNc1ncnc(N(C)CCN2CCCC2)c1CC. The molecular formula is C16H29N5. The van der Waals surface area contributed by atoms with Gasteiger partial charge in [-0.2, -0.15) is 0 Å². The Hall–Kier alpha value is -1.36. The summed E-state index contributed by atoms with van der Waals surface area (Å²) >= 11 is 0. The molecule has 1 aliphatic heterocycles. The lowest BCUT2D eigenvalue weighted by molar-refractivity contribution is 0.346. The number of aromatic nitrogens is 2. The van der Waals surface area contributed by atoms with Gasteiger partial charge in [-0.05, 0) is 38.8 Å². The molecule has 0 amide bonds. The van der Waals surface area contributed by atoms with Crippen LogP contribution in [0.1, 0.15) is 38.7 Å². The zero-order valence-electron chi connectivity index (χ0n) is 13.7. The average molecular weight is 291 g/mol. The first-order chi connectivity index (χ1) is 10.3. The Morgan fingerprint density at radius 2 is 2.00 bits per heavy atom. The second kappa shape index (κ2) is 8.17. The summed E-state index contributed by atoms with van der Waals surface area (Å²) in [6.45, 7) is 9.96. The van der Waals surface area contributed by atoms with Crippen LogP contribution in [-0.4, -0.2) is 54.6 Å². The van der Waals surface area contributed by atoms with E-state index < -0.39 is 0 Å². The Kier molecular flexibility index (Phi) is 6.23. The van der Waals surface area contributed by atoms with Crippen molar-refractivity contribution in [2.75, 3.05) is 50.0 Å². The predicted octanol–water partition coefficient (Wildman–Crippen LogP) is 2.39. The maximum Gasteiger partial charge on any atom is 0.137 e. The van der Waals surface area contributed by atoms with E-state index >= 15 is 0 Å². The summed E-state index contributed by atoms with van der Waals surface area (Å²) in [7, 11) is 2.14. The lowest BCUT2D eigenvalue weighted by Gasteiger charge is -2.24. The van der Waals surface area contributed by atoms with Gasteiger partial charge in [-0.1, -0.05) is 13.8 Å². The van der Waals surface area contributed by atoms with E-state index in [1.165, 1.54) is 31.5 Å². The number of hydrogen-bond donors (Lipinski definition) is 1. The molecule has 0 saturated carbocycles. The lowest BCUT2D eigenvalue weighted by Crippen LogP contribution is -2.32. The molecule has 2 heterocycles. The smallest absolute Gasteiger partial charge is 0.137 e. The Bertz CT molecular complexity index is 429. The van der Waals surface area contributed by atoms with Crippen molar-refractivity contribution in [2.24, 2.45) is 0 Å². The number of anilines is 2. The molecule has 1 fully saturated rings. The van der Waals surface area contributed by atoms with Gasteiger partial charge >= 0.3 is 0 Å². The van der Waals surface area contributed by atoms with E-state index in [4.69, 9.17) is 0 Å². The van der Waals surface area contributed by atoms with Gasteiger partial charge in [-0.25, -0.2) is 9.97 Å². The molecule has 1 saturated heterocycles. The molecule has 0 spiro atoms. The summed E-state index contributed by atoms with van der Waals surface area (Å²) < 4.78 is 0. The van der Waals surface area contributed by atoms with Gasteiger partial charge in [-0.3, -0.25) is 0 Å². The van der Waals surface area contributed by atoms with E-state index in [9.17, 15) is 0 Å². The fourth-order valence-electron chi connectivity index (χ4n) is 2.86. The monoisotopic (exact) mass is 291 g/mol. The minimum Gasteiger partial charge on any atom is -0.370 e. The highest BCUT2D eigenvalue weighted by Crippen LogP contribution is 2.23. The van der Waals surface area contributed by atoms with Crippen molar-refractivity contribution in [3.8, 4) is 0 Å². The largest absolute Gasteiger partial charge is 0.370 e. The van der Waals surface area contributed by atoms with Crippen LogP contribution in [0.3, 0.4) is 0 Å². The molecule has 2 rings (SSSR count). The van der Waals surface area contributed by atoms with Gasteiger partial charge < -0.3 is 15.1 Å². The molecule has 5 nitrogen and oxygen atoms in total. The molecule has 5 heteroatoms.